The molecule has 3 amide bonds. The maximum atomic E-state index is 13.6. The fourth-order valence-corrected chi connectivity index (χ4v) is 6.21. The lowest BCUT2D eigenvalue weighted by molar-refractivity contribution is -0.134. The predicted molar refractivity (Wildman–Crippen MR) is 182 cm³/mol. The lowest BCUT2D eigenvalue weighted by atomic mass is 9.93. The average molecular weight is 656 g/mol. The van der Waals surface area contributed by atoms with Crippen LogP contribution in [0.5, 0.6) is 0 Å². The Hall–Kier alpha value is -3.31. The van der Waals surface area contributed by atoms with Crippen LogP contribution in [0.25, 0.3) is 0 Å². The summed E-state index contributed by atoms with van der Waals surface area (Å²) >= 11 is 0. The van der Waals surface area contributed by atoms with Crippen LogP contribution < -0.4 is 16.0 Å². The molecule has 2 aliphatic rings. The third-order valence-corrected chi connectivity index (χ3v) is 9.16. The molecule has 11 nitrogen and oxygen atoms in total. The van der Waals surface area contributed by atoms with Crippen molar-refractivity contribution in [2.75, 3.05) is 39.3 Å². The molecule has 0 bridgehead atoms. The molecule has 3 rings (SSSR count). The summed E-state index contributed by atoms with van der Waals surface area (Å²) in [6.45, 7) is 11.7. The van der Waals surface area contributed by atoms with Gasteiger partial charge in [0.05, 0.1) is 12.6 Å². The molecule has 11 heteroatoms. The smallest absolute Gasteiger partial charge is 0.407 e. The van der Waals surface area contributed by atoms with E-state index in [-0.39, 0.29) is 48.9 Å². The van der Waals surface area contributed by atoms with Gasteiger partial charge in [0.2, 0.25) is 11.8 Å². The number of likely N-dealkylation sites (tertiary alicyclic amines) is 2. The highest BCUT2D eigenvalue weighted by Gasteiger charge is 2.31. The third-order valence-electron chi connectivity index (χ3n) is 9.16. The van der Waals surface area contributed by atoms with Gasteiger partial charge in [-0.1, -0.05) is 64.4 Å². The Labute approximate surface area is 280 Å². The number of hydrogen-bond donors (Lipinski definition) is 3. The summed E-state index contributed by atoms with van der Waals surface area (Å²) in [5.74, 6) is -1.68. The number of amides is 3. The minimum atomic E-state index is -0.952. The summed E-state index contributed by atoms with van der Waals surface area (Å²) in [5.41, 5.74) is 0.892. The van der Waals surface area contributed by atoms with Crippen LogP contribution in [0.15, 0.2) is 30.3 Å². The molecule has 2 saturated heterocycles. The number of piperidine rings is 2. The molecule has 1 aromatic carbocycles. The van der Waals surface area contributed by atoms with Crippen LogP contribution in [-0.2, 0) is 30.5 Å². The second kappa shape index (κ2) is 20.1. The fourth-order valence-electron chi connectivity index (χ4n) is 6.21. The number of nitrogens with one attached hydrogen (secondary N) is 3. The van der Waals surface area contributed by atoms with Gasteiger partial charge in [-0.3, -0.25) is 24.1 Å². The lowest BCUT2D eigenvalue weighted by Crippen LogP contribution is -2.54. The zero-order valence-corrected chi connectivity index (χ0v) is 28.9. The molecule has 47 heavy (non-hydrogen) atoms. The summed E-state index contributed by atoms with van der Waals surface area (Å²) in [6, 6.07) is 8.15. The van der Waals surface area contributed by atoms with E-state index < -0.39 is 24.1 Å². The minimum absolute atomic E-state index is 0.0813. The van der Waals surface area contributed by atoms with Crippen molar-refractivity contribution in [2.45, 2.75) is 110 Å². The van der Waals surface area contributed by atoms with Crippen molar-refractivity contribution in [1.29, 1.82) is 0 Å². The maximum Gasteiger partial charge on any atom is 0.407 e. The molecule has 2 fully saturated rings. The van der Waals surface area contributed by atoms with Crippen molar-refractivity contribution < 1.29 is 28.7 Å². The average Bonchev–Trinajstić information content (AvgIpc) is 3.07. The SMILES string of the molecule is CC(C)C(=O)CC(NC(=O)C(CCCCNC(=O)OCc1ccccc1)NC(=O)CN1CCC(N2CCCCC2)CC1)C(=O)C(C)C. The first-order valence-corrected chi connectivity index (χ1v) is 17.6. The van der Waals surface area contributed by atoms with E-state index >= 15 is 0 Å². The van der Waals surface area contributed by atoms with Gasteiger partial charge in [0.15, 0.2) is 5.78 Å². The molecule has 0 saturated carbocycles. The highest BCUT2D eigenvalue weighted by atomic mass is 16.5. The molecule has 2 heterocycles. The molecule has 0 aromatic heterocycles. The van der Waals surface area contributed by atoms with Crippen LogP contribution in [0.2, 0.25) is 0 Å². The second-order valence-electron chi connectivity index (χ2n) is 13.7. The zero-order chi connectivity index (χ0) is 34.2. The molecule has 2 atom stereocenters. The molecule has 2 aliphatic heterocycles. The number of rotatable bonds is 18. The Morgan fingerprint density at radius 3 is 2.15 bits per heavy atom. The molecule has 3 N–H and O–H groups in total. The number of Topliss-reactive ketones (excluding diaryl/α,β-unsaturated/α-hetero) is 2. The minimum Gasteiger partial charge on any atom is -0.445 e. The quantitative estimate of drug-likeness (QED) is 0.203. The number of unbranched alkanes of at least 4 members (excludes halogenated alkanes) is 1. The normalized spacial score (nSPS) is 17.6. The van der Waals surface area contributed by atoms with Crippen LogP contribution in [0, 0.1) is 11.8 Å². The molecule has 0 aliphatic carbocycles. The van der Waals surface area contributed by atoms with Gasteiger partial charge < -0.3 is 25.6 Å². The number of benzene rings is 1. The topological polar surface area (TPSA) is 137 Å². The van der Waals surface area contributed by atoms with Gasteiger partial charge in [-0.2, -0.15) is 0 Å². The first-order valence-electron chi connectivity index (χ1n) is 17.6. The third kappa shape index (κ3) is 13.8. The Balaban J connectivity index is 1.54. The Morgan fingerprint density at radius 1 is 0.830 bits per heavy atom. The summed E-state index contributed by atoms with van der Waals surface area (Å²) in [7, 11) is 0. The summed E-state index contributed by atoms with van der Waals surface area (Å²) < 4.78 is 5.26. The standard InChI is InChI=1S/C36H57N5O6/c1-26(2)32(42)23-31(34(44)27(3)4)39-35(45)30(15-9-10-18-37-36(46)47-25-28-13-7-5-8-14-28)38-33(43)24-40-21-16-29(17-22-40)41-19-11-6-12-20-41/h5,7-8,13-14,26-27,29-31H,6,9-12,15-25H2,1-4H3,(H,37,46)(H,38,43)(H,39,45). The molecule has 0 spiro atoms. The fraction of sp³-hybridized carbons (Fsp3) is 0.694. The number of ether oxygens (including phenoxy) is 1. The van der Waals surface area contributed by atoms with Crippen LogP contribution >= 0.6 is 0 Å². The molecule has 2 unspecified atom stereocenters. The molecular formula is C36H57N5O6. The summed E-state index contributed by atoms with van der Waals surface area (Å²) in [4.78, 5) is 69.2. The molecule has 0 radical (unpaired) electrons. The van der Waals surface area contributed by atoms with Crippen molar-refractivity contribution in [2.24, 2.45) is 11.8 Å². The van der Waals surface area contributed by atoms with E-state index in [1.807, 2.05) is 30.3 Å². The van der Waals surface area contributed by atoms with Gasteiger partial charge in [0.1, 0.15) is 18.4 Å². The number of alkyl carbamates (subject to hydrolysis) is 1. The zero-order valence-electron chi connectivity index (χ0n) is 28.9. The highest BCUT2D eigenvalue weighted by Crippen LogP contribution is 2.21. The second-order valence-corrected chi connectivity index (χ2v) is 13.7. The summed E-state index contributed by atoms with van der Waals surface area (Å²) in [6.07, 6.45) is 6.69. The van der Waals surface area contributed by atoms with Crippen molar-refractivity contribution in [3.8, 4) is 0 Å². The van der Waals surface area contributed by atoms with E-state index in [4.69, 9.17) is 4.74 Å². The maximum absolute atomic E-state index is 13.6. The van der Waals surface area contributed by atoms with Gasteiger partial charge in [-0.25, -0.2) is 4.79 Å². The van der Waals surface area contributed by atoms with Crippen molar-refractivity contribution in [1.82, 2.24) is 25.8 Å². The van der Waals surface area contributed by atoms with Gasteiger partial charge >= 0.3 is 6.09 Å². The van der Waals surface area contributed by atoms with Crippen LogP contribution in [-0.4, -0.2) is 96.7 Å². The number of nitrogens with zero attached hydrogens (tertiary/aromatic N) is 2. The molecule has 262 valence electrons. The van der Waals surface area contributed by atoms with Crippen molar-refractivity contribution >= 4 is 29.5 Å². The van der Waals surface area contributed by atoms with Gasteiger partial charge in [-0.15, -0.1) is 0 Å². The predicted octanol–water partition coefficient (Wildman–Crippen LogP) is 3.84. The van der Waals surface area contributed by atoms with Gasteiger partial charge in [0, 0.05) is 43.9 Å². The van der Waals surface area contributed by atoms with E-state index in [1.165, 1.54) is 19.3 Å². The van der Waals surface area contributed by atoms with E-state index in [9.17, 15) is 24.0 Å². The first kappa shape index (κ1) is 38.1. The Morgan fingerprint density at radius 2 is 1.51 bits per heavy atom. The van der Waals surface area contributed by atoms with Crippen molar-refractivity contribution in [3.05, 3.63) is 35.9 Å². The lowest BCUT2D eigenvalue weighted by Gasteiger charge is -2.40. The van der Waals surface area contributed by atoms with E-state index in [2.05, 4.69) is 25.8 Å². The number of ketones is 2. The first-order chi connectivity index (χ1) is 22.5. The van der Waals surface area contributed by atoms with E-state index in [0.717, 1.165) is 44.6 Å². The van der Waals surface area contributed by atoms with Crippen LogP contribution in [0.3, 0.4) is 0 Å². The van der Waals surface area contributed by atoms with E-state index in [0.29, 0.717) is 31.8 Å². The van der Waals surface area contributed by atoms with Crippen LogP contribution in [0.1, 0.15) is 91.0 Å². The monoisotopic (exact) mass is 655 g/mol. The Bertz CT molecular complexity index is 1150. The van der Waals surface area contributed by atoms with Gasteiger partial charge in [-0.05, 0) is 63.6 Å². The summed E-state index contributed by atoms with van der Waals surface area (Å²) in [5, 5.41) is 8.44. The number of carbonyl (C=O) groups excluding carboxylic acids is 5. The van der Waals surface area contributed by atoms with Crippen LogP contribution in [0.4, 0.5) is 4.79 Å². The van der Waals surface area contributed by atoms with Crippen molar-refractivity contribution in [3.63, 3.8) is 0 Å². The molecule has 1 aromatic rings. The number of hydrogen-bond acceptors (Lipinski definition) is 8. The number of carbonyl (C=O) groups is 5. The molecular weight excluding hydrogens is 598 g/mol. The van der Waals surface area contributed by atoms with E-state index in [1.54, 1.807) is 27.7 Å². The highest BCUT2D eigenvalue weighted by molar-refractivity contribution is 5.96. The van der Waals surface area contributed by atoms with Gasteiger partial charge in [0.25, 0.3) is 0 Å². The largest absolute Gasteiger partial charge is 0.445 e. The Kier molecular flexibility index (Phi) is 16.3.